The Hall–Kier alpha value is -4.10. The predicted molar refractivity (Wildman–Crippen MR) is 154 cm³/mol. The third-order valence-electron chi connectivity index (χ3n) is 7.62. The van der Waals surface area contributed by atoms with Crippen LogP contribution in [0.1, 0.15) is 52.9 Å². The highest BCUT2D eigenvalue weighted by molar-refractivity contribution is 5.94. The Morgan fingerprint density at radius 1 is 1.15 bits per heavy atom. The van der Waals surface area contributed by atoms with Crippen LogP contribution in [-0.4, -0.2) is 42.2 Å². The highest BCUT2D eigenvalue weighted by atomic mass is 16.5. The van der Waals surface area contributed by atoms with Gasteiger partial charge in [0.2, 0.25) is 0 Å². The Balaban J connectivity index is 1.49. The number of rotatable bonds is 8. The average molecular weight is 527 g/mol. The lowest BCUT2D eigenvalue weighted by atomic mass is 9.98. The second-order valence-electron chi connectivity index (χ2n) is 10.4. The molecule has 3 aromatic carbocycles. The van der Waals surface area contributed by atoms with Crippen LogP contribution in [0.5, 0.6) is 5.75 Å². The first-order valence-corrected chi connectivity index (χ1v) is 13.3. The summed E-state index contributed by atoms with van der Waals surface area (Å²) in [6.07, 6.45) is 2.35. The minimum atomic E-state index is -1.01. The molecule has 1 fully saturated rings. The van der Waals surface area contributed by atoms with Crippen LogP contribution in [0.25, 0.3) is 22.3 Å². The molecular formula is C32H34N2O5. The number of likely N-dealkylation sites (tertiary alicyclic amines) is 1. The van der Waals surface area contributed by atoms with Gasteiger partial charge in [0.1, 0.15) is 23.7 Å². The lowest BCUT2D eigenvalue weighted by Gasteiger charge is -2.20. The molecule has 7 heteroatoms. The summed E-state index contributed by atoms with van der Waals surface area (Å²) >= 11 is 0. The zero-order chi connectivity index (χ0) is 27.7. The molecule has 2 N–H and O–H groups in total. The molecule has 2 atom stereocenters. The van der Waals surface area contributed by atoms with Crippen molar-refractivity contribution in [3.63, 3.8) is 0 Å². The summed E-state index contributed by atoms with van der Waals surface area (Å²) in [5, 5.41) is 13.4. The quantitative estimate of drug-likeness (QED) is 0.274. The molecule has 1 aliphatic heterocycles. The van der Waals surface area contributed by atoms with Crippen LogP contribution in [0.15, 0.2) is 69.9 Å². The van der Waals surface area contributed by atoms with Crippen molar-refractivity contribution in [3.05, 3.63) is 93.1 Å². The zero-order valence-electron chi connectivity index (χ0n) is 22.8. The smallest absolute Gasteiger partial charge is 0.337 e. The number of carboxylic acid groups (broad SMARTS) is 1. The number of aryl methyl sites for hydroxylation is 1. The first-order chi connectivity index (χ1) is 18.7. The van der Waals surface area contributed by atoms with Crippen molar-refractivity contribution in [2.75, 3.05) is 25.5 Å². The number of benzene rings is 3. The summed E-state index contributed by atoms with van der Waals surface area (Å²) < 4.78 is 12.5. The van der Waals surface area contributed by atoms with Gasteiger partial charge in [0.05, 0.1) is 17.0 Å². The highest BCUT2D eigenvalue weighted by Gasteiger charge is 2.22. The van der Waals surface area contributed by atoms with Gasteiger partial charge in [-0.2, -0.15) is 0 Å². The summed E-state index contributed by atoms with van der Waals surface area (Å²) in [6.45, 7) is 7.41. The number of fused-ring (bicyclic) bond motifs is 1. The first kappa shape index (κ1) is 26.5. The molecule has 0 radical (unpaired) electrons. The monoisotopic (exact) mass is 526 g/mol. The minimum Gasteiger partial charge on any atom is -0.492 e. The van der Waals surface area contributed by atoms with Crippen molar-refractivity contribution in [2.45, 2.75) is 45.7 Å². The van der Waals surface area contributed by atoms with Crippen LogP contribution in [0.3, 0.4) is 0 Å². The van der Waals surface area contributed by atoms with Gasteiger partial charge >= 0.3 is 5.97 Å². The second-order valence-corrected chi connectivity index (χ2v) is 10.4. The van der Waals surface area contributed by atoms with E-state index in [1.54, 1.807) is 31.2 Å². The van der Waals surface area contributed by atoms with Gasteiger partial charge in [-0.05, 0) is 95.2 Å². The van der Waals surface area contributed by atoms with Crippen LogP contribution >= 0.6 is 0 Å². The van der Waals surface area contributed by atoms with Crippen molar-refractivity contribution < 1.29 is 19.1 Å². The largest absolute Gasteiger partial charge is 0.492 e. The Labute approximate surface area is 228 Å². The lowest BCUT2D eigenvalue weighted by molar-refractivity contribution is 0.0698. The maximum atomic E-state index is 13.5. The Kier molecular flexibility index (Phi) is 7.44. The molecule has 1 aromatic heterocycles. The number of para-hydroxylation sites is 1. The molecule has 4 aromatic rings. The molecular weight excluding hydrogens is 492 g/mol. The Bertz CT molecular complexity index is 1570. The summed E-state index contributed by atoms with van der Waals surface area (Å²) in [6, 6.07) is 18.4. The van der Waals surface area contributed by atoms with E-state index in [1.807, 2.05) is 50.2 Å². The maximum absolute atomic E-state index is 13.5. The Morgan fingerprint density at radius 2 is 1.90 bits per heavy atom. The van der Waals surface area contributed by atoms with Gasteiger partial charge < -0.3 is 24.5 Å². The van der Waals surface area contributed by atoms with E-state index in [-0.39, 0.29) is 17.0 Å². The zero-order valence-corrected chi connectivity index (χ0v) is 22.8. The molecule has 7 nitrogen and oxygen atoms in total. The molecule has 0 amide bonds. The predicted octanol–water partition coefficient (Wildman–Crippen LogP) is 6.42. The van der Waals surface area contributed by atoms with Crippen LogP contribution in [0, 0.1) is 13.8 Å². The second kappa shape index (κ2) is 10.9. The third kappa shape index (κ3) is 5.40. The van der Waals surface area contributed by atoms with Gasteiger partial charge in [0.15, 0.2) is 5.43 Å². The van der Waals surface area contributed by atoms with Crippen LogP contribution < -0.4 is 15.5 Å². The number of nitrogens with zero attached hydrogens (tertiary/aromatic N) is 1. The fourth-order valence-corrected chi connectivity index (χ4v) is 5.36. The van der Waals surface area contributed by atoms with E-state index in [9.17, 15) is 14.7 Å². The third-order valence-corrected chi connectivity index (χ3v) is 7.62. The minimum absolute atomic E-state index is 0.0843. The average Bonchev–Trinajstić information content (AvgIpc) is 3.34. The molecule has 1 aliphatic rings. The molecule has 0 unspecified atom stereocenters. The van der Waals surface area contributed by atoms with Gasteiger partial charge in [0.25, 0.3) is 0 Å². The number of carboxylic acids is 1. The van der Waals surface area contributed by atoms with E-state index < -0.39 is 5.97 Å². The Morgan fingerprint density at radius 3 is 2.59 bits per heavy atom. The van der Waals surface area contributed by atoms with Crippen molar-refractivity contribution in [1.82, 2.24) is 4.90 Å². The van der Waals surface area contributed by atoms with E-state index in [2.05, 4.69) is 17.3 Å². The van der Waals surface area contributed by atoms with Crippen LogP contribution in [0.2, 0.25) is 0 Å². The molecule has 0 bridgehead atoms. The molecule has 1 saturated heterocycles. The summed E-state index contributed by atoms with van der Waals surface area (Å²) in [5.41, 5.74) is 4.12. The summed E-state index contributed by atoms with van der Waals surface area (Å²) in [5.74, 6) is 0.287. The van der Waals surface area contributed by atoms with Crippen molar-refractivity contribution in [1.29, 1.82) is 0 Å². The molecule has 39 heavy (non-hydrogen) atoms. The highest BCUT2D eigenvalue weighted by Crippen LogP contribution is 2.33. The normalized spacial score (nSPS) is 16.4. The summed E-state index contributed by atoms with van der Waals surface area (Å²) in [7, 11) is 2.13. The fraction of sp³-hybridized carbons (Fsp3) is 0.312. The number of anilines is 1. The van der Waals surface area contributed by atoms with Gasteiger partial charge in [0, 0.05) is 28.4 Å². The van der Waals surface area contributed by atoms with Gasteiger partial charge in [-0.1, -0.05) is 18.2 Å². The molecule has 0 aliphatic carbocycles. The van der Waals surface area contributed by atoms with Gasteiger partial charge in [-0.15, -0.1) is 0 Å². The molecule has 5 rings (SSSR count). The number of hydrogen-bond acceptors (Lipinski definition) is 6. The molecule has 0 saturated carbocycles. The summed E-state index contributed by atoms with van der Waals surface area (Å²) in [4.78, 5) is 27.6. The molecule has 0 spiro atoms. The van der Waals surface area contributed by atoms with Crippen LogP contribution in [0.4, 0.5) is 5.69 Å². The standard InChI is InChI=1S/C32H34N2O5/c1-19-16-26(21(3)33-28-10-6-5-9-25(28)32(36)37)31-27(17-19)29(35)20(2)30(39-31)22-11-13-24(14-12-22)38-18-23-8-7-15-34(23)4/h5-6,9-14,16-17,21,23,33H,7-8,15,18H2,1-4H3,(H,36,37)/t21-,23-/m1/s1. The van der Waals surface area contributed by atoms with Crippen molar-refractivity contribution in [2.24, 2.45) is 0 Å². The van der Waals surface area contributed by atoms with E-state index in [1.165, 1.54) is 6.42 Å². The topological polar surface area (TPSA) is 92.0 Å². The van der Waals surface area contributed by atoms with Gasteiger partial charge in [-0.25, -0.2) is 4.79 Å². The van der Waals surface area contributed by atoms with Gasteiger partial charge in [-0.3, -0.25) is 4.79 Å². The van der Waals surface area contributed by atoms with E-state index >= 15 is 0 Å². The number of nitrogens with one attached hydrogen (secondary N) is 1. The fourth-order valence-electron chi connectivity index (χ4n) is 5.36. The molecule has 202 valence electrons. The van der Waals surface area contributed by atoms with E-state index in [4.69, 9.17) is 9.15 Å². The van der Waals surface area contributed by atoms with Crippen molar-refractivity contribution >= 4 is 22.6 Å². The SMILES string of the molecule is Cc1cc([C@@H](C)Nc2ccccc2C(=O)O)c2oc(-c3ccc(OC[C@H]4CCCN4C)cc3)c(C)c(=O)c2c1. The number of hydrogen-bond donors (Lipinski definition) is 2. The number of likely N-dealkylation sites (N-methyl/N-ethyl adjacent to an activating group) is 1. The first-order valence-electron chi connectivity index (χ1n) is 13.3. The lowest BCUT2D eigenvalue weighted by Crippen LogP contribution is -2.30. The van der Waals surface area contributed by atoms with Crippen molar-refractivity contribution in [3.8, 4) is 17.1 Å². The number of aromatic carboxylic acids is 1. The maximum Gasteiger partial charge on any atom is 0.337 e. The number of carbonyl (C=O) groups is 1. The van der Waals surface area contributed by atoms with E-state index in [0.29, 0.717) is 40.6 Å². The number of ether oxygens (including phenoxy) is 1. The van der Waals surface area contributed by atoms with Crippen LogP contribution in [-0.2, 0) is 0 Å². The van der Waals surface area contributed by atoms with E-state index in [0.717, 1.165) is 35.4 Å². The molecule has 2 heterocycles.